The Morgan fingerprint density at radius 3 is 2.67 bits per heavy atom. The largest absolute Gasteiger partial charge is 0.508 e. The Balaban J connectivity index is 1.44. The zero-order valence-corrected chi connectivity index (χ0v) is 13.3. The third-order valence-electron chi connectivity index (χ3n) is 4.47. The van der Waals surface area contributed by atoms with Crippen molar-refractivity contribution in [1.29, 1.82) is 0 Å². The molecule has 0 saturated carbocycles. The molecule has 1 aliphatic heterocycles. The van der Waals surface area contributed by atoms with Crippen LogP contribution in [-0.2, 0) is 6.54 Å². The summed E-state index contributed by atoms with van der Waals surface area (Å²) < 4.78 is 5.88. The summed E-state index contributed by atoms with van der Waals surface area (Å²) in [6, 6.07) is 17.3. The first-order valence-corrected chi connectivity index (χ1v) is 8.17. The van der Waals surface area contributed by atoms with Crippen LogP contribution in [0, 0.1) is 0 Å². The fourth-order valence-corrected chi connectivity index (χ4v) is 3.16. The molecule has 2 heterocycles. The molecule has 0 aliphatic carbocycles. The van der Waals surface area contributed by atoms with E-state index >= 15 is 0 Å². The molecule has 3 aromatic rings. The van der Waals surface area contributed by atoms with E-state index in [1.165, 1.54) is 0 Å². The summed E-state index contributed by atoms with van der Waals surface area (Å²) in [4.78, 5) is 2.31. The van der Waals surface area contributed by atoms with Crippen LogP contribution in [-0.4, -0.2) is 33.3 Å². The Morgan fingerprint density at radius 2 is 1.83 bits per heavy atom. The molecule has 0 radical (unpaired) electrons. The van der Waals surface area contributed by atoms with Gasteiger partial charge < -0.3 is 9.52 Å². The van der Waals surface area contributed by atoms with E-state index in [9.17, 15) is 5.11 Å². The summed E-state index contributed by atoms with van der Waals surface area (Å²) in [7, 11) is 0. The minimum absolute atomic E-state index is 0.251. The average molecular weight is 321 g/mol. The molecule has 1 atom stereocenters. The van der Waals surface area contributed by atoms with Gasteiger partial charge in [0, 0.05) is 24.2 Å². The van der Waals surface area contributed by atoms with Gasteiger partial charge in [0.1, 0.15) is 5.75 Å². The molecular weight excluding hydrogens is 302 g/mol. The van der Waals surface area contributed by atoms with Crippen LogP contribution in [0.3, 0.4) is 0 Å². The van der Waals surface area contributed by atoms with Crippen molar-refractivity contribution in [2.45, 2.75) is 18.9 Å². The quantitative estimate of drug-likeness (QED) is 0.797. The van der Waals surface area contributed by atoms with Gasteiger partial charge in [-0.15, -0.1) is 10.2 Å². The van der Waals surface area contributed by atoms with Crippen LogP contribution >= 0.6 is 0 Å². The number of likely N-dealkylation sites (tertiary alicyclic amines) is 1. The summed E-state index contributed by atoms with van der Waals surface area (Å²) in [5.41, 5.74) is 1.90. The molecule has 1 saturated heterocycles. The van der Waals surface area contributed by atoms with Crippen LogP contribution < -0.4 is 0 Å². The number of phenolic OH excluding ortho intramolecular Hbond substituents is 1. The Bertz CT molecular complexity index is 816. The number of hydrogen-bond acceptors (Lipinski definition) is 5. The molecule has 24 heavy (non-hydrogen) atoms. The maximum absolute atomic E-state index is 9.92. The highest BCUT2D eigenvalue weighted by atomic mass is 16.4. The molecule has 0 bridgehead atoms. The van der Waals surface area contributed by atoms with Crippen molar-refractivity contribution < 1.29 is 9.52 Å². The highest BCUT2D eigenvalue weighted by molar-refractivity contribution is 5.51. The van der Waals surface area contributed by atoms with Crippen LogP contribution in [0.1, 0.15) is 23.8 Å². The minimum Gasteiger partial charge on any atom is -0.508 e. The van der Waals surface area contributed by atoms with Crippen molar-refractivity contribution in [2.24, 2.45) is 0 Å². The molecule has 1 N–H and O–H groups in total. The lowest BCUT2D eigenvalue weighted by molar-refractivity contribution is 0.314. The van der Waals surface area contributed by atoms with E-state index in [2.05, 4.69) is 15.1 Å². The van der Waals surface area contributed by atoms with E-state index in [4.69, 9.17) is 4.42 Å². The fraction of sp³-hybridized carbons (Fsp3) is 0.263. The summed E-state index contributed by atoms with van der Waals surface area (Å²) in [5, 5.41) is 18.3. The fourth-order valence-electron chi connectivity index (χ4n) is 3.16. The number of hydrogen-bond donors (Lipinski definition) is 1. The highest BCUT2D eigenvalue weighted by Gasteiger charge is 2.28. The third-order valence-corrected chi connectivity index (χ3v) is 4.47. The normalized spacial score (nSPS) is 18.1. The first kappa shape index (κ1) is 14.9. The summed E-state index contributed by atoms with van der Waals surface area (Å²) in [6.45, 7) is 2.57. The Hall–Kier alpha value is -2.66. The summed E-state index contributed by atoms with van der Waals surface area (Å²) >= 11 is 0. The van der Waals surface area contributed by atoms with Crippen molar-refractivity contribution in [2.75, 3.05) is 13.1 Å². The second-order valence-corrected chi connectivity index (χ2v) is 6.16. The summed E-state index contributed by atoms with van der Waals surface area (Å²) in [6.07, 6.45) is 0.990. The van der Waals surface area contributed by atoms with E-state index in [0.717, 1.165) is 37.2 Å². The number of aromatic nitrogens is 2. The standard InChI is InChI=1S/C19H19N3O2/c23-17-9-5-4-8-15(17)12-22-11-10-16(13-22)19-21-20-18(24-19)14-6-2-1-3-7-14/h1-9,16,23H,10-13H2/t16-/m0/s1. The van der Waals surface area contributed by atoms with Gasteiger partial charge in [0.2, 0.25) is 11.8 Å². The van der Waals surface area contributed by atoms with Gasteiger partial charge in [0.05, 0.1) is 5.92 Å². The van der Waals surface area contributed by atoms with E-state index in [-0.39, 0.29) is 5.92 Å². The van der Waals surface area contributed by atoms with Gasteiger partial charge in [0.25, 0.3) is 0 Å². The van der Waals surface area contributed by atoms with Gasteiger partial charge in [0.15, 0.2) is 0 Å². The molecule has 0 amide bonds. The first-order chi connectivity index (χ1) is 11.8. The number of nitrogens with zero attached hydrogens (tertiary/aromatic N) is 3. The molecule has 122 valence electrons. The van der Waals surface area contributed by atoms with Crippen molar-refractivity contribution >= 4 is 0 Å². The molecule has 1 aromatic heterocycles. The van der Waals surface area contributed by atoms with Crippen LogP contribution in [0.4, 0.5) is 0 Å². The topological polar surface area (TPSA) is 62.4 Å². The van der Waals surface area contributed by atoms with E-state index in [0.29, 0.717) is 17.5 Å². The van der Waals surface area contributed by atoms with Gasteiger partial charge in [-0.2, -0.15) is 0 Å². The number of phenols is 1. The molecular formula is C19H19N3O2. The lowest BCUT2D eigenvalue weighted by Gasteiger charge is -2.15. The molecule has 2 aromatic carbocycles. The summed E-state index contributed by atoms with van der Waals surface area (Å²) in [5.74, 6) is 1.88. The van der Waals surface area contributed by atoms with Gasteiger partial charge in [-0.3, -0.25) is 4.90 Å². The van der Waals surface area contributed by atoms with Crippen molar-refractivity contribution in [3.63, 3.8) is 0 Å². The number of aromatic hydroxyl groups is 1. The molecule has 1 aliphatic rings. The zero-order chi connectivity index (χ0) is 16.4. The SMILES string of the molecule is Oc1ccccc1CN1CC[C@H](c2nnc(-c3ccccc3)o2)C1. The van der Waals surface area contributed by atoms with Gasteiger partial charge >= 0.3 is 0 Å². The van der Waals surface area contributed by atoms with Crippen LogP contribution in [0.15, 0.2) is 59.0 Å². The van der Waals surface area contributed by atoms with Crippen LogP contribution in [0.5, 0.6) is 5.75 Å². The molecule has 0 unspecified atom stereocenters. The minimum atomic E-state index is 0.251. The van der Waals surface area contributed by atoms with Crippen molar-refractivity contribution in [1.82, 2.24) is 15.1 Å². The predicted molar refractivity (Wildman–Crippen MR) is 90.5 cm³/mol. The Kier molecular flexibility index (Phi) is 4.01. The Labute approximate surface area is 140 Å². The lowest BCUT2D eigenvalue weighted by atomic mass is 10.1. The molecule has 5 nitrogen and oxygen atoms in total. The molecule has 0 spiro atoms. The van der Waals surface area contributed by atoms with E-state index in [1.807, 2.05) is 48.5 Å². The number of rotatable bonds is 4. The van der Waals surface area contributed by atoms with Crippen LogP contribution in [0.2, 0.25) is 0 Å². The van der Waals surface area contributed by atoms with Gasteiger partial charge in [-0.1, -0.05) is 36.4 Å². The molecule has 5 heteroatoms. The maximum atomic E-state index is 9.92. The zero-order valence-electron chi connectivity index (χ0n) is 13.3. The molecule has 1 fully saturated rings. The van der Waals surface area contributed by atoms with Gasteiger partial charge in [-0.25, -0.2) is 0 Å². The van der Waals surface area contributed by atoms with E-state index < -0.39 is 0 Å². The first-order valence-electron chi connectivity index (χ1n) is 8.17. The van der Waals surface area contributed by atoms with Gasteiger partial charge in [-0.05, 0) is 31.2 Å². The monoisotopic (exact) mass is 321 g/mol. The highest BCUT2D eigenvalue weighted by Crippen LogP contribution is 2.30. The second kappa shape index (κ2) is 6.45. The maximum Gasteiger partial charge on any atom is 0.247 e. The second-order valence-electron chi connectivity index (χ2n) is 6.16. The van der Waals surface area contributed by atoms with Crippen molar-refractivity contribution in [3.8, 4) is 17.2 Å². The van der Waals surface area contributed by atoms with Crippen LogP contribution in [0.25, 0.3) is 11.5 Å². The predicted octanol–water partition coefficient (Wildman–Crippen LogP) is 3.43. The third kappa shape index (κ3) is 3.03. The number of benzene rings is 2. The average Bonchev–Trinajstić information content (AvgIpc) is 3.27. The number of para-hydroxylation sites is 1. The lowest BCUT2D eigenvalue weighted by Crippen LogP contribution is -2.19. The van der Waals surface area contributed by atoms with Crippen molar-refractivity contribution in [3.05, 3.63) is 66.1 Å². The molecule has 4 rings (SSSR count). The Morgan fingerprint density at radius 1 is 1.04 bits per heavy atom. The van der Waals surface area contributed by atoms with E-state index in [1.54, 1.807) is 6.07 Å². The smallest absolute Gasteiger partial charge is 0.247 e.